The Bertz CT molecular complexity index is 1360. The number of hydrogen-bond acceptors (Lipinski definition) is 5. The van der Waals surface area contributed by atoms with Crippen LogP contribution in [0.25, 0.3) is 0 Å². The van der Waals surface area contributed by atoms with Gasteiger partial charge in [0.1, 0.15) is 16.5 Å². The number of anilines is 3. The number of ether oxygens (including phenoxy) is 1. The molecular formula is C25H18Cl3N3O4. The van der Waals surface area contributed by atoms with Crippen LogP contribution < -0.4 is 20.3 Å². The van der Waals surface area contributed by atoms with Gasteiger partial charge in [-0.05, 0) is 61.5 Å². The number of carbonyl (C=O) groups is 3. The largest absolute Gasteiger partial charge is 0.492 e. The maximum atomic E-state index is 13.0. The Morgan fingerprint density at radius 2 is 1.66 bits per heavy atom. The van der Waals surface area contributed by atoms with Crippen LogP contribution in [-0.4, -0.2) is 24.3 Å². The summed E-state index contributed by atoms with van der Waals surface area (Å²) in [5.41, 5.74) is 1.44. The molecule has 0 aromatic heterocycles. The summed E-state index contributed by atoms with van der Waals surface area (Å²) < 4.78 is 5.53. The molecule has 0 saturated carbocycles. The molecule has 35 heavy (non-hydrogen) atoms. The topological polar surface area (TPSA) is 87.7 Å². The minimum absolute atomic E-state index is 0.106. The maximum Gasteiger partial charge on any atom is 0.283 e. The van der Waals surface area contributed by atoms with E-state index in [9.17, 15) is 14.4 Å². The van der Waals surface area contributed by atoms with Gasteiger partial charge in [0.2, 0.25) is 0 Å². The fraction of sp³-hybridized carbons (Fsp3) is 0.0800. The second-order valence-corrected chi connectivity index (χ2v) is 8.54. The highest BCUT2D eigenvalue weighted by atomic mass is 35.5. The molecule has 0 bridgehead atoms. The Balaban J connectivity index is 1.49. The zero-order chi connectivity index (χ0) is 25.1. The number of para-hydroxylation sites is 2. The predicted molar refractivity (Wildman–Crippen MR) is 137 cm³/mol. The van der Waals surface area contributed by atoms with Gasteiger partial charge in [-0.2, -0.15) is 0 Å². The van der Waals surface area contributed by atoms with Crippen LogP contribution in [0.3, 0.4) is 0 Å². The first-order valence-electron chi connectivity index (χ1n) is 10.4. The average molecular weight is 531 g/mol. The molecule has 0 saturated heterocycles. The first-order valence-corrected chi connectivity index (χ1v) is 11.6. The fourth-order valence-corrected chi connectivity index (χ4v) is 4.09. The predicted octanol–water partition coefficient (Wildman–Crippen LogP) is 6.08. The minimum Gasteiger partial charge on any atom is -0.492 e. The van der Waals surface area contributed by atoms with Crippen molar-refractivity contribution < 1.29 is 19.1 Å². The van der Waals surface area contributed by atoms with Gasteiger partial charge in [0, 0.05) is 16.3 Å². The Hall–Kier alpha value is -3.52. The molecule has 2 N–H and O–H groups in total. The molecule has 1 aliphatic rings. The van der Waals surface area contributed by atoms with Gasteiger partial charge >= 0.3 is 0 Å². The molecule has 0 fully saturated rings. The van der Waals surface area contributed by atoms with E-state index in [0.717, 1.165) is 4.90 Å². The SMILES string of the molecule is CCOc1ccccc1NC(=O)c1ccc(NC2=C(Cl)C(=O)N(c3ccc(Cl)cc3Cl)C2=O)cc1. The number of rotatable bonds is 7. The van der Waals surface area contributed by atoms with Gasteiger partial charge in [-0.25, -0.2) is 4.90 Å². The lowest BCUT2D eigenvalue weighted by molar-refractivity contribution is -0.120. The van der Waals surface area contributed by atoms with Crippen molar-refractivity contribution in [2.24, 2.45) is 0 Å². The van der Waals surface area contributed by atoms with Crippen LogP contribution in [0.2, 0.25) is 10.0 Å². The van der Waals surface area contributed by atoms with Gasteiger partial charge in [0.15, 0.2) is 0 Å². The average Bonchev–Trinajstić information content (AvgIpc) is 3.04. The van der Waals surface area contributed by atoms with E-state index in [1.54, 1.807) is 42.5 Å². The molecule has 1 aliphatic heterocycles. The third-order valence-electron chi connectivity index (χ3n) is 5.03. The van der Waals surface area contributed by atoms with Crippen molar-refractivity contribution in [2.75, 3.05) is 22.1 Å². The number of amides is 3. The molecule has 0 spiro atoms. The van der Waals surface area contributed by atoms with Gasteiger partial charge in [-0.1, -0.05) is 46.9 Å². The van der Waals surface area contributed by atoms with Crippen LogP contribution in [0.5, 0.6) is 5.75 Å². The lowest BCUT2D eigenvalue weighted by atomic mass is 10.1. The minimum atomic E-state index is -0.715. The van der Waals surface area contributed by atoms with Crippen LogP contribution >= 0.6 is 34.8 Å². The number of benzene rings is 3. The van der Waals surface area contributed by atoms with Crippen molar-refractivity contribution in [2.45, 2.75) is 6.92 Å². The smallest absolute Gasteiger partial charge is 0.283 e. The Kier molecular flexibility index (Phi) is 7.31. The van der Waals surface area contributed by atoms with Gasteiger partial charge in [-0.15, -0.1) is 0 Å². The van der Waals surface area contributed by atoms with E-state index < -0.39 is 11.8 Å². The number of hydrogen-bond donors (Lipinski definition) is 2. The number of halogens is 3. The Labute approximate surface area is 216 Å². The molecular weight excluding hydrogens is 513 g/mol. The summed E-state index contributed by atoms with van der Waals surface area (Å²) in [6.07, 6.45) is 0. The number of carbonyl (C=O) groups excluding carboxylic acids is 3. The molecule has 0 unspecified atom stereocenters. The van der Waals surface area contributed by atoms with Crippen LogP contribution in [0.1, 0.15) is 17.3 Å². The second-order valence-electron chi connectivity index (χ2n) is 7.32. The third-order valence-corrected chi connectivity index (χ3v) is 5.92. The maximum absolute atomic E-state index is 13.0. The van der Waals surface area contributed by atoms with E-state index in [0.29, 0.717) is 34.3 Å². The van der Waals surface area contributed by atoms with E-state index in [1.807, 2.05) is 13.0 Å². The summed E-state index contributed by atoms with van der Waals surface area (Å²) in [4.78, 5) is 39.2. The number of nitrogens with zero attached hydrogens (tertiary/aromatic N) is 1. The van der Waals surface area contributed by atoms with Crippen LogP contribution in [0.15, 0.2) is 77.5 Å². The lowest BCUT2D eigenvalue weighted by Gasteiger charge is -2.16. The van der Waals surface area contributed by atoms with E-state index >= 15 is 0 Å². The monoisotopic (exact) mass is 529 g/mol. The zero-order valence-electron chi connectivity index (χ0n) is 18.3. The van der Waals surface area contributed by atoms with E-state index in [-0.39, 0.29) is 27.3 Å². The number of imide groups is 1. The van der Waals surface area contributed by atoms with Gasteiger partial charge < -0.3 is 15.4 Å². The first kappa shape index (κ1) is 24.6. The summed E-state index contributed by atoms with van der Waals surface area (Å²) in [6, 6.07) is 17.9. The summed E-state index contributed by atoms with van der Waals surface area (Å²) in [6.45, 7) is 2.33. The van der Waals surface area contributed by atoms with Crippen molar-refractivity contribution in [1.29, 1.82) is 0 Å². The molecule has 0 radical (unpaired) electrons. The van der Waals surface area contributed by atoms with Crippen LogP contribution in [0.4, 0.5) is 17.1 Å². The second kappa shape index (κ2) is 10.4. The highest BCUT2D eigenvalue weighted by Crippen LogP contribution is 2.35. The van der Waals surface area contributed by atoms with Crippen LogP contribution in [0, 0.1) is 0 Å². The summed E-state index contributed by atoms with van der Waals surface area (Å²) >= 11 is 18.3. The van der Waals surface area contributed by atoms with Gasteiger partial charge in [-0.3, -0.25) is 14.4 Å². The van der Waals surface area contributed by atoms with Gasteiger partial charge in [0.25, 0.3) is 17.7 Å². The van der Waals surface area contributed by atoms with E-state index in [4.69, 9.17) is 39.5 Å². The Morgan fingerprint density at radius 3 is 2.34 bits per heavy atom. The zero-order valence-corrected chi connectivity index (χ0v) is 20.5. The molecule has 0 aliphatic carbocycles. The first-order chi connectivity index (χ1) is 16.8. The summed E-state index contributed by atoms with van der Waals surface area (Å²) in [7, 11) is 0. The molecule has 3 aromatic carbocycles. The molecule has 4 rings (SSSR count). The fourth-order valence-electron chi connectivity index (χ4n) is 3.39. The Morgan fingerprint density at radius 1 is 0.943 bits per heavy atom. The van der Waals surface area contributed by atoms with Gasteiger partial charge in [0.05, 0.1) is 23.0 Å². The normalized spacial score (nSPS) is 13.3. The molecule has 3 amide bonds. The lowest BCUT2D eigenvalue weighted by Crippen LogP contribution is -2.32. The van der Waals surface area contributed by atoms with Crippen molar-refractivity contribution >= 4 is 69.6 Å². The summed E-state index contributed by atoms with van der Waals surface area (Å²) in [5, 5.41) is 5.88. The number of nitrogens with one attached hydrogen (secondary N) is 2. The molecule has 10 heteroatoms. The molecule has 1 heterocycles. The third kappa shape index (κ3) is 5.12. The molecule has 3 aromatic rings. The van der Waals surface area contributed by atoms with Crippen molar-refractivity contribution in [3.63, 3.8) is 0 Å². The standard InChI is InChI=1S/C25H18Cl3N3O4/c1-2-35-20-6-4-3-5-18(20)30-23(32)14-7-10-16(11-8-14)29-22-21(28)24(33)31(25(22)34)19-12-9-15(26)13-17(19)27/h3-13,29H,2H2,1H3,(H,30,32). The highest BCUT2D eigenvalue weighted by molar-refractivity contribution is 6.54. The highest BCUT2D eigenvalue weighted by Gasteiger charge is 2.39. The van der Waals surface area contributed by atoms with Crippen molar-refractivity contribution in [3.05, 3.63) is 93.1 Å². The van der Waals surface area contributed by atoms with Crippen LogP contribution in [-0.2, 0) is 9.59 Å². The van der Waals surface area contributed by atoms with E-state index in [1.165, 1.54) is 18.2 Å². The molecule has 7 nitrogen and oxygen atoms in total. The van der Waals surface area contributed by atoms with Crippen molar-refractivity contribution in [3.8, 4) is 5.75 Å². The molecule has 0 atom stereocenters. The van der Waals surface area contributed by atoms with Crippen molar-refractivity contribution in [1.82, 2.24) is 0 Å². The van der Waals surface area contributed by atoms with E-state index in [2.05, 4.69) is 10.6 Å². The molecule has 178 valence electrons. The summed E-state index contributed by atoms with van der Waals surface area (Å²) in [5.74, 6) is -1.15. The quantitative estimate of drug-likeness (QED) is 0.362.